The van der Waals surface area contributed by atoms with Crippen LogP contribution in [0, 0.1) is 13.8 Å². The standard InChI is InChI=1S/C18H22N2O4S/c1-5-19-25(22,23)15-8-9-17(24-4)16(11-15)18(21)20-14-7-6-12(2)13(3)10-14/h6-11,19H,5H2,1-4H3,(H,20,21). The number of rotatable bonds is 6. The Morgan fingerprint density at radius 1 is 1.08 bits per heavy atom. The predicted molar refractivity (Wildman–Crippen MR) is 97.7 cm³/mol. The predicted octanol–water partition coefficient (Wildman–Crippen LogP) is 2.86. The van der Waals surface area contributed by atoms with E-state index in [1.54, 1.807) is 13.0 Å². The molecule has 2 aromatic rings. The molecule has 0 radical (unpaired) electrons. The van der Waals surface area contributed by atoms with Crippen LogP contribution >= 0.6 is 0 Å². The highest BCUT2D eigenvalue weighted by molar-refractivity contribution is 7.89. The zero-order valence-electron chi connectivity index (χ0n) is 14.7. The Morgan fingerprint density at radius 3 is 2.40 bits per heavy atom. The van der Waals surface area contributed by atoms with E-state index in [0.29, 0.717) is 11.4 Å². The van der Waals surface area contributed by atoms with Gasteiger partial charge in [0.1, 0.15) is 5.75 Å². The molecule has 0 bridgehead atoms. The summed E-state index contributed by atoms with van der Waals surface area (Å²) in [7, 11) is -2.23. The summed E-state index contributed by atoms with van der Waals surface area (Å²) in [4.78, 5) is 12.6. The molecule has 0 aromatic heterocycles. The maximum absolute atomic E-state index is 12.6. The van der Waals surface area contributed by atoms with Crippen molar-refractivity contribution in [3.05, 3.63) is 53.1 Å². The van der Waals surface area contributed by atoms with Crippen LogP contribution in [-0.4, -0.2) is 28.0 Å². The van der Waals surface area contributed by atoms with Crippen molar-refractivity contribution in [2.75, 3.05) is 19.0 Å². The molecule has 0 fully saturated rings. The fourth-order valence-electron chi connectivity index (χ4n) is 2.32. The number of carbonyl (C=O) groups is 1. The van der Waals surface area contributed by atoms with E-state index in [2.05, 4.69) is 10.0 Å². The Labute approximate surface area is 148 Å². The molecule has 0 spiro atoms. The quantitative estimate of drug-likeness (QED) is 0.827. The molecule has 0 saturated carbocycles. The fraction of sp³-hybridized carbons (Fsp3) is 0.278. The number of aryl methyl sites for hydroxylation is 2. The van der Waals surface area contributed by atoms with Gasteiger partial charge in [0.05, 0.1) is 17.6 Å². The van der Waals surface area contributed by atoms with Crippen molar-refractivity contribution in [1.29, 1.82) is 0 Å². The molecule has 0 saturated heterocycles. The number of carbonyl (C=O) groups excluding carboxylic acids is 1. The van der Waals surface area contributed by atoms with Crippen LogP contribution in [0.5, 0.6) is 5.75 Å². The Balaban J connectivity index is 2.38. The van der Waals surface area contributed by atoms with Gasteiger partial charge in [0.25, 0.3) is 5.91 Å². The van der Waals surface area contributed by atoms with Gasteiger partial charge in [0.2, 0.25) is 10.0 Å². The van der Waals surface area contributed by atoms with Crippen molar-refractivity contribution in [3.63, 3.8) is 0 Å². The Hall–Kier alpha value is -2.38. The molecule has 2 rings (SSSR count). The van der Waals surface area contributed by atoms with Crippen molar-refractivity contribution in [1.82, 2.24) is 4.72 Å². The summed E-state index contributed by atoms with van der Waals surface area (Å²) in [5.41, 5.74) is 2.96. The second-order valence-electron chi connectivity index (χ2n) is 5.62. The first kappa shape index (κ1) is 19.0. The van der Waals surface area contributed by atoms with Crippen LogP contribution in [0.1, 0.15) is 28.4 Å². The zero-order valence-corrected chi connectivity index (χ0v) is 15.5. The van der Waals surface area contributed by atoms with Crippen LogP contribution in [0.3, 0.4) is 0 Å². The zero-order chi connectivity index (χ0) is 18.6. The summed E-state index contributed by atoms with van der Waals surface area (Å²) in [5.74, 6) is -0.134. The topological polar surface area (TPSA) is 84.5 Å². The summed E-state index contributed by atoms with van der Waals surface area (Å²) in [6.45, 7) is 5.89. The summed E-state index contributed by atoms with van der Waals surface area (Å²) in [5, 5.41) is 2.78. The normalized spacial score (nSPS) is 11.2. The lowest BCUT2D eigenvalue weighted by atomic mass is 10.1. The van der Waals surface area contributed by atoms with Gasteiger partial charge in [-0.15, -0.1) is 0 Å². The van der Waals surface area contributed by atoms with Crippen LogP contribution in [0.15, 0.2) is 41.3 Å². The first-order valence-corrected chi connectivity index (χ1v) is 9.33. The van der Waals surface area contributed by atoms with E-state index < -0.39 is 15.9 Å². The van der Waals surface area contributed by atoms with E-state index in [-0.39, 0.29) is 17.0 Å². The average Bonchev–Trinajstić information content (AvgIpc) is 2.57. The first-order valence-electron chi connectivity index (χ1n) is 7.84. The Morgan fingerprint density at radius 2 is 1.80 bits per heavy atom. The number of anilines is 1. The first-order chi connectivity index (χ1) is 11.8. The fourth-order valence-corrected chi connectivity index (χ4v) is 3.39. The van der Waals surface area contributed by atoms with E-state index in [1.165, 1.54) is 25.3 Å². The monoisotopic (exact) mass is 362 g/mol. The SMILES string of the molecule is CCNS(=O)(=O)c1ccc(OC)c(C(=O)Nc2ccc(C)c(C)c2)c1. The number of sulfonamides is 1. The third-order valence-corrected chi connectivity index (χ3v) is 5.37. The second kappa shape index (κ2) is 7.67. The molecule has 6 nitrogen and oxygen atoms in total. The maximum atomic E-state index is 12.6. The molecule has 0 unspecified atom stereocenters. The molecule has 0 aliphatic carbocycles. The molecular weight excluding hydrogens is 340 g/mol. The number of nitrogens with one attached hydrogen (secondary N) is 2. The van der Waals surface area contributed by atoms with Gasteiger partial charge in [0, 0.05) is 12.2 Å². The number of hydrogen-bond acceptors (Lipinski definition) is 4. The summed E-state index contributed by atoms with van der Waals surface area (Å²) < 4.78 is 31.9. The molecular formula is C18H22N2O4S. The van der Waals surface area contributed by atoms with Crippen LogP contribution < -0.4 is 14.8 Å². The van der Waals surface area contributed by atoms with E-state index in [4.69, 9.17) is 4.74 Å². The van der Waals surface area contributed by atoms with Gasteiger partial charge in [-0.25, -0.2) is 13.1 Å². The average molecular weight is 362 g/mol. The smallest absolute Gasteiger partial charge is 0.259 e. The van der Waals surface area contributed by atoms with E-state index in [1.807, 2.05) is 26.0 Å². The molecule has 134 valence electrons. The number of hydrogen-bond donors (Lipinski definition) is 2. The van der Waals surface area contributed by atoms with Crippen molar-refractivity contribution < 1.29 is 17.9 Å². The number of amides is 1. The number of benzene rings is 2. The molecule has 0 aliphatic heterocycles. The van der Waals surface area contributed by atoms with Gasteiger partial charge < -0.3 is 10.1 Å². The van der Waals surface area contributed by atoms with Gasteiger partial charge in [-0.1, -0.05) is 13.0 Å². The van der Waals surface area contributed by atoms with Gasteiger partial charge in [-0.05, 0) is 55.3 Å². The molecule has 0 heterocycles. The Kier molecular flexibility index (Phi) is 5.81. The second-order valence-corrected chi connectivity index (χ2v) is 7.38. The van der Waals surface area contributed by atoms with Crippen molar-refractivity contribution in [2.24, 2.45) is 0 Å². The van der Waals surface area contributed by atoms with Crippen LogP contribution in [0.2, 0.25) is 0 Å². The third kappa shape index (κ3) is 4.37. The number of ether oxygens (including phenoxy) is 1. The van der Waals surface area contributed by atoms with E-state index in [0.717, 1.165) is 11.1 Å². The molecule has 25 heavy (non-hydrogen) atoms. The lowest BCUT2D eigenvalue weighted by molar-refractivity contribution is 0.102. The van der Waals surface area contributed by atoms with Crippen LogP contribution in [0.25, 0.3) is 0 Å². The Bertz CT molecular complexity index is 892. The van der Waals surface area contributed by atoms with E-state index >= 15 is 0 Å². The molecule has 1 amide bonds. The number of methoxy groups -OCH3 is 1. The van der Waals surface area contributed by atoms with Gasteiger partial charge in [-0.2, -0.15) is 0 Å². The van der Waals surface area contributed by atoms with Crippen molar-refractivity contribution in [3.8, 4) is 5.75 Å². The van der Waals surface area contributed by atoms with Gasteiger partial charge >= 0.3 is 0 Å². The highest BCUT2D eigenvalue weighted by Crippen LogP contribution is 2.24. The lowest BCUT2D eigenvalue weighted by Crippen LogP contribution is -2.24. The summed E-state index contributed by atoms with van der Waals surface area (Å²) in [6.07, 6.45) is 0. The third-order valence-electron chi connectivity index (χ3n) is 3.83. The largest absolute Gasteiger partial charge is 0.496 e. The van der Waals surface area contributed by atoms with Crippen LogP contribution in [0.4, 0.5) is 5.69 Å². The lowest BCUT2D eigenvalue weighted by Gasteiger charge is -2.12. The van der Waals surface area contributed by atoms with Crippen molar-refractivity contribution >= 4 is 21.6 Å². The van der Waals surface area contributed by atoms with Crippen LogP contribution in [-0.2, 0) is 10.0 Å². The van der Waals surface area contributed by atoms with Gasteiger partial charge in [0.15, 0.2) is 0 Å². The minimum atomic E-state index is -3.66. The maximum Gasteiger partial charge on any atom is 0.259 e. The minimum Gasteiger partial charge on any atom is -0.496 e. The minimum absolute atomic E-state index is 0.0142. The van der Waals surface area contributed by atoms with E-state index in [9.17, 15) is 13.2 Å². The molecule has 0 aliphatic rings. The summed E-state index contributed by atoms with van der Waals surface area (Å²) >= 11 is 0. The van der Waals surface area contributed by atoms with Gasteiger partial charge in [-0.3, -0.25) is 4.79 Å². The molecule has 7 heteroatoms. The molecule has 0 atom stereocenters. The highest BCUT2D eigenvalue weighted by atomic mass is 32.2. The van der Waals surface area contributed by atoms with Crippen molar-refractivity contribution in [2.45, 2.75) is 25.7 Å². The summed E-state index contributed by atoms with van der Waals surface area (Å²) in [6, 6.07) is 9.76. The molecule has 2 aromatic carbocycles. The highest BCUT2D eigenvalue weighted by Gasteiger charge is 2.19. The molecule has 2 N–H and O–H groups in total.